The second-order valence-corrected chi connectivity index (χ2v) is 10.3. The summed E-state index contributed by atoms with van der Waals surface area (Å²) in [6.07, 6.45) is 0. The van der Waals surface area contributed by atoms with Gasteiger partial charge in [0.25, 0.3) is 20.0 Å². The molecule has 0 aliphatic rings. The number of pyridine rings is 1. The highest BCUT2D eigenvalue weighted by Crippen LogP contribution is 2.31. The Kier molecular flexibility index (Phi) is 7.16. The van der Waals surface area contributed by atoms with Crippen molar-refractivity contribution >= 4 is 54.4 Å². The van der Waals surface area contributed by atoms with Crippen LogP contribution >= 0.6 is 0 Å². The van der Waals surface area contributed by atoms with Crippen molar-refractivity contribution < 1.29 is 36.5 Å². The van der Waals surface area contributed by atoms with Crippen LogP contribution < -0.4 is 9.44 Å². The van der Waals surface area contributed by atoms with Crippen LogP contribution in [0, 0.1) is 40.5 Å². The van der Waals surface area contributed by atoms with Gasteiger partial charge in [-0.3, -0.25) is 49.9 Å². The van der Waals surface area contributed by atoms with Crippen LogP contribution in [0.3, 0.4) is 0 Å². The summed E-state index contributed by atoms with van der Waals surface area (Å²) in [7, 11) is -9.22. The first-order valence-electron chi connectivity index (χ1n) is 9.51. The molecule has 0 saturated heterocycles. The lowest BCUT2D eigenvalue weighted by Gasteiger charge is -2.10. The first-order valence-corrected chi connectivity index (χ1v) is 12.5. The van der Waals surface area contributed by atoms with Crippen molar-refractivity contribution in [1.82, 2.24) is 4.98 Å². The molecule has 0 bridgehead atoms. The lowest BCUT2D eigenvalue weighted by molar-refractivity contribution is -0.422. The van der Waals surface area contributed by atoms with Crippen LogP contribution in [-0.4, -0.2) is 41.5 Å². The van der Waals surface area contributed by atoms with Gasteiger partial charge < -0.3 is 0 Å². The fourth-order valence-electron chi connectivity index (χ4n) is 2.88. The van der Waals surface area contributed by atoms with E-state index in [4.69, 9.17) is 0 Å². The second-order valence-electron chi connectivity index (χ2n) is 6.95. The van der Waals surface area contributed by atoms with Crippen molar-refractivity contribution in [3.05, 3.63) is 95.1 Å². The Morgan fingerprint density at radius 1 is 0.553 bits per heavy atom. The molecule has 1 heterocycles. The summed E-state index contributed by atoms with van der Waals surface area (Å²) in [5.41, 5.74) is -4.08. The summed E-state index contributed by atoms with van der Waals surface area (Å²) in [5.74, 6) is -0.971. The predicted octanol–water partition coefficient (Wildman–Crippen LogP) is 2.32. The maximum atomic E-state index is 12.7. The first-order chi connectivity index (χ1) is 17.6. The van der Waals surface area contributed by atoms with Gasteiger partial charge in [-0.1, -0.05) is 6.07 Å². The topological polar surface area (TPSA) is 278 Å². The molecule has 38 heavy (non-hydrogen) atoms. The molecule has 19 nitrogen and oxygen atoms in total. The monoisotopic (exact) mass is 569 g/mol. The zero-order valence-corrected chi connectivity index (χ0v) is 19.8. The fraction of sp³-hybridized carbons (Fsp3) is 0. The van der Waals surface area contributed by atoms with Gasteiger partial charge >= 0.3 is 22.7 Å². The molecule has 0 spiro atoms. The van der Waals surface area contributed by atoms with Gasteiger partial charge in [-0.05, 0) is 24.3 Å². The number of nitrogens with one attached hydrogen (secondary N) is 2. The van der Waals surface area contributed by atoms with Crippen LogP contribution in [0.4, 0.5) is 34.4 Å². The highest BCUT2D eigenvalue weighted by Gasteiger charge is 2.29. The summed E-state index contributed by atoms with van der Waals surface area (Å²) in [6.45, 7) is 0. The average Bonchev–Trinajstić information content (AvgIpc) is 2.82. The van der Waals surface area contributed by atoms with Crippen LogP contribution in [0.5, 0.6) is 0 Å². The molecular weight excluding hydrogens is 558 g/mol. The van der Waals surface area contributed by atoms with Gasteiger partial charge in [0, 0.05) is 24.3 Å². The van der Waals surface area contributed by atoms with Gasteiger partial charge in [0.15, 0.2) is 0 Å². The molecule has 0 unspecified atom stereocenters. The summed E-state index contributed by atoms with van der Waals surface area (Å²) < 4.78 is 54.5. The lowest BCUT2D eigenvalue weighted by Crippen LogP contribution is -2.17. The first kappa shape index (κ1) is 27.3. The Morgan fingerprint density at radius 2 is 0.895 bits per heavy atom. The van der Waals surface area contributed by atoms with Crippen LogP contribution in [0.15, 0.2) is 64.4 Å². The standard InChI is InChI=1S/C17H11N7O12S2/c25-21(26)12-6-4-10(8-14(12)23(29)30)37(33,34)19-16-2-1-3-17(18-16)20-38(35,36)11-5-7-13(22(27)28)15(9-11)24(31)32/h1-9H,(H2,18,19,20). The quantitative estimate of drug-likeness (QED) is 0.262. The summed E-state index contributed by atoms with van der Waals surface area (Å²) in [4.78, 5) is 41.9. The van der Waals surface area contributed by atoms with Gasteiger partial charge in [0.1, 0.15) is 11.6 Å². The van der Waals surface area contributed by atoms with Crippen molar-refractivity contribution in [2.24, 2.45) is 0 Å². The minimum atomic E-state index is -4.61. The number of hydrogen-bond acceptors (Lipinski definition) is 13. The van der Waals surface area contributed by atoms with E-state index >= 15 is 0 Å². The number of nitro benzene ring substituents is 4. The SMILES string of the molecule is O=[N+]([O-])c1ccc(S(=O)(=O)Nc2cccc(NS(=O)(=O)c3ccc([N+](=O)[O-])c([N+](=O)[O-])c3)n2)cc1[N+](=O)[O-]. The predicted molar refractivity (Wildman–Crippen MR) is 125 cm³/mol. The van der Waals surface area contributed by atoms with Crippen molar-refractivity contribution in [2.45, 2.75) is 9.79 Å². The molecular formula is C17H11N7O12S2. The maximum Gasteiger partial charge on any atom is 0.347 e. The number of rotatable bonds is 10. The zero-order chi connectivity index (χ0) is 28.4. The second kappa shape index (κ2) is 9.98. The van der Waals surface area contributed by atoms with E-state index in [1.807, 2.05) is 9.44 Å². The zero-order valence-electron chi connectivity index (χ0n) is 18.1. The van der Waals surface area contributed by atoms with Gasteiger partial charge in [0.2, 0.25) is 0 Å². The minimum absolute atomic E-state index is 0.453. The molecule has 0 atom stereocenters. The normalized spacial score (nSPS) is 11.4. The number of sulfonamides is 2. The Hall–Kier alpha value is -5.31. The highest BCUT2D eigenvalue weighted by molar-refractivity contribution is 7.93. The molecule has 198 valence electrons. The van der Waals surface area contributed by atoms with E-state index in [0.717, 1.165) is 30.3 Å². The van der Waals surface area contributed by atoms with Gasteiger partial charge in [0.05, 0.1) is 29.5 Å². The molecule has 1 aromatic heterocycles. The number of nitrogens with zero attached hydrogens (tertiary/aromatic N) is 5. The average molecular weight is 569 g/mol. The number of hydrogen-bond donors (Lipinski definition) is 2. The summed E-state index contributed by atoms with van der Waals surface area (Å²) in [6, 6.07) is 6.92. The van der Waals surface area contributed by atoms with E-state index in [0.29, 0.717) is 24.3 Å². The van der Waals surface area contributed by atoms with Crippen molar-refractivity contribution in [2.75, 3.05) is 9.44 Å². The molecule has 0 aliphatic carbocycles. The number of nitro groups is 4. The van der Waals surface area contributed by atoms with E-state index in [2.05, 4.69) is 4.98 Å². The number of aromatic nitrogens is 1. The molecule has 3 aromatic rings. The Balaban J connectivity index is 1.91. The Morgan fingerprint density at radius 3 is 1.21 bits per heavy atom. The van der Waals surface area contributed by atoms with Crippen LogP contribution in [0.2, 0.25) is 0 Å². The Bertz CT molecular complexity index is 1600. The number of benzene rings is 2. The van der Waals surface area contributed by atoms with Crippen LogP contribution in [0.25, 0.3) is 0 Å². The summed E-state index contributed by atoms with van der Waals surface area (Å²) >= 11 is 0. The molecule has 3 rings (SSSR count). The molecule has 2 N–H and O–H groups in total. The molecule has 0 radical (unpaired) electrons. The molecule has 0 amide bonds. The van der Waals surface area contributed by atoms with Gasteiger partial charge in [-0.25, -0.2) is 21.8 Å². The maximum absolute atomic E-state index is 12.7. The van der Waals surface area contributed by atoms with Crippen LogP contribution in [-0.2, 0) is 20.0 Å². The smallest absolute Gasteiger partial charge is 0.263 e. The molecule has 0 saturated carbocycles. The van der Waals surface area contributed by atoms with Crippen LogP contribution in [0.1, 0.15) is 0 Å². The summed E-state index contributed by atoms with van der Waals surface area (Å²) in [5, 5.41) is 44.1. The third-order valence-corrected chi connectivity index (χ3v) is 7.23. The van der Waals surface area contributed by atoms with Gasteiger partial charge in [-0.15, -0.1) is 0 Å². The van der Waals surface area contributed by atoms with Gasteiger partial charge in [-0.2, -0.15) is 0 Å². The van der Waals surface area contributed by atoms with E-state index in [9.17, 15) is 57.3 Å². The van der Waals surface area contributed by atoms with E-state index in [1.54, 1.807) is 0 Å². The van der Waals surface area contributed by atoms with Crippen molar-refractivity contribution in [3.63, 3.8) is 0 Å². The molecule has 0 aliphatic heterocycles. The molecule has 0 fully saturated rings. The van der Waals surface area contributed by atoms with Crippen molar-refractivity contribution in [1.29, 1.82) is 0 Å². The lowest BCUT2D eigenvalue weighted by atomic mass is 10.3. The third kappa shape index (κ3) is 5.73. The highest BCUT2D eigenvalue weighted by atomic mass is 32.2. The largest absolute Gasteiger partial charge is 0.347 e. The number of anilines is 2. The minimum Gasteiger partial charge on any atom is -0.263 e. The van der Waals surface area contributed by atoms with Crippen molar-refractivity contribution in [3.8, 4) is 0 Å². The van der Waals surface area contributed by atoms with E-state index in [1.165, 1.54) is 0 Å². The molecule has 21 heteroatoms. The third-order valence-electron chi connectivity index (χ3n) is 4.53. The van der Waals surface area contributed by atoms with E-state index < -0.39 is 83.9 Å². The van der Waals surface area contributed by atoms with E-state index in [-0.39, 0.29) is 0 Å². The fourth-order valence-corrected chi connectivity index (χ4v) is 4.93. The molecule has 2 aromatic carbocycles. The Labute approximate surface area is 210 Å².